The average molecular weight is 252 g/mol. The van der Waals surface area contributed by atoms with Crippen LogP contribution in [0, 0.1) is 11.8 Å². The summed E-state index contributed by atoms with van der Waals surface area (Å²) >= 11 is 1.65. The minimum absolute atomic E-state index is 0.0935. The van der Waals surface area contributed by atoms with Gasteiger partial charge in [-0.25, -0.2) is 0 Å². The fraction of sp³-hybridized carbons (Fsp3) is 0.538. The largest absolute Gasteiger partial charge is 0.384 e. The van der Waals surface area contributed by atoms with Crippen molar-refractivity contribution in [2.75, 3.05) is 19.8 Å². The molecule has 1 aromatic heterocycles. The number of rotatable bonds is 3. The molecule has 0 saturated carbocycles. The van der Waals surface area contributed by atoms with E-state index in [1.165, 1.54) is 4.88 Å². The molecule has 0 aliphatic carbocycles. The average Bonchev–Trinajstić information content (AvgIpc) is 2.83. The smallest absolute Gasteiger partial charge is 0.104 e. The molecule has 0 spiro atoms. The van der Waals surface area contributed by atoms with Crippen molar-refractivity contribution in [2.45, 2.75) is 25.6 Å². The molecule has 17 heavy (non-hydrogen) atoms. The van der Waals surface area contributed by atoms with Crippen LogP contribution in [-0.4, -0.2) is 31.0 Å². The molecule has 1 N–H and O–H groups in total. The maximum absolute atomic E-state index is 8.60. The van der Waals surface area contributed by atoms with Crippen molar-refractivity contribution in [1.29, 1.82) is 0 Å². The summed E-state index contributed by atoms with van der Waals surface area (Å²) < 4.78 is 11.1. The van der Waals surface area contributed by atoms with E-state index in [2.05, 4.69) is 11.8 Å². The summed E-state index contributed by atoms with van der Waals surface area (Å²) in [7, 11) is 0. The Bertz CT molecular complexity index is 396. The highest BCUT2D eigenvalue weighted by Crippen LogP contribution is 2.18. The fourth-order valence-corrected chi connectivity index (χ4v) is 2.44. The maximum Gasteiger partial charge on any atom is 0.104 e. The molecule has 0 bridgehead atoms. The Labute approximate surface area is 105 Å². The number of hydrogen-bond donors (Lipinski definition) is 1. The molecule has 0 atom stereocenters. The second-order valence-electron chi connectivity index (χ2n) is 3.88. The van der Waals surface area contributed by atoms with E-state index in [9.17, 15) is 0 Å². The molecule has 2 heterocycles. The lowest BCUT2D eigenvalue weighted by Gasteiger charge is -2.21. The summed E-state index contributed by atoms with van der Waals surface area (Å²) in [6.07, 6.45) is 2.31. The minimum atomic E-state index is -0.0935. The summed E-state index contributed by atoms with van der Waals surface area (Å²) in [6.45, 7) is 2.17. The van der Waals surface area contributed by atoms with E-state index in [0.717, 1.165) is 31.6 Å². The van der Waals surface area contributed by atoms with Crippen molar-refractivity contribution < 1.29 is 14.6 Å². The predicted molar refractivity (Wildman–Crippen MR) is 66.9 cm³/mol. The molecule has 1 aliphatic rings. The third-order valence-electron chi connectivity index (χ3n) is 2.60. The SMILES string of the molecule is OCC#Cc1csc(COC2CCOCC2)c1. The number of ether oxygens (including phenoxy) is 2. The van der Waals surface area contributed by atoms with Crippen molar-refractivity contribution in [1.82, 2.24) is 0 Å². The number of hydrogen-bond acceptors (Lipinski definition) is 4. The second-order valence-corrected chi connectivity index (χ2v) is 4.88. The third kappa shape index (κ3) is 4.14. The molecule has 0 unspecified atom stereocenters. The predicted octanol–water partition coefficient (Wildman–Crippen LogP) is 1.79. The zero-order chi connectivity index (χ0) is 11.9. The Morgan fingerprint density at radius 1 is 1.47 bits per heavy atom. The molecule has 1 aliphatic heterocycles. The zero-order valence-corrected chi connectivity index (χ0v) is 10.5. The highest BCUT2D eigenvalue weighted by Gasteiger charge is 2.14. The van der Waals surface area contributed by atoms with Crippen LogP contribution >= 0.6 is 11.3 Å². The summed E-state index contributed by atoms with van der Waals surface area (Å²) in [5.41, 5.74) is 0.953. The van der Waals surface area contributed by atoms with E-state index in [4.69, 9.17) is 14.6 Å². The second kappa shape index (κ2) is 6.77. The molecule has 0 radical (unpaired) electrons. The molecule has 4 heteroatoms. The van der Waals surface area contributed by atoms with Gasteiger partial charge in [0, 0.05) is 29.0 Å². The van der Waals surface area contributed by atoms with E-state index in [-0.39, 0.29) is 6.61 Å². The molecule has 1 saturated heterocycles. The molecular weight excluding hydrogens is 236 g/mol. The molecule has 0 aromatic carbocycles. The molecule has 3 nitrogen and oxygen atoms in total. The lowest BCUT2D eigenvalue weighted by atomic mass is 10.1. The van der Waals surface area contributed by atoms with Crippen LogP contribution in [0.25, 0.3) is 0 Å². The van der Waals surface area contributed by atoms with Crippen molar-refractivity contribution in [3.8, 4) is 11.8 Å². The number of thiophene rings is 1. The lowest BCUT2D eigenvalue weighted by molar-refractivity contribution is -0.0383. The highest BCUT2D eigenvalue weighted by molar-refractivity contribution is 7.10. The highest BCUT2D eigenvalue weighted by atomic mass is 32.1. The van der Waals surface area contributed by atoms with Crippen LogP contribution in [0.4, 0.5) is 0 Å². The Morgan fingerprint density at radius 3 is 3.06 bits per heavy atom. The van der Waals surface area contributed by atoms with E-state index < -0.39 is 0 Å². The molecule has 2 rings (SSSR count). The van der Waals surface area contributed by atoms with Gasteiger partial charge < -0.3 is 14.6 Å². The summed E-state index contributed by atoms with van der Waals surface area (Å²) in [5.74, 6) is 5.53. The van der Waals surface area contributed by atoms with Gasteiger partial charge in [0.05, 0.1) is 12.7 Å². The van der Waals surface area contributed by atoms with E-state index in [1.54, 1.807) is 11.3 Å². The van der Waals surface area contributed by atoms with Gasteiger partial charge in [0.2, 0.25) is 0 Å². The van der Waals surface area contributed by atoms with E-state index in [0.29, 0.717) is 12.7 Å². The van der Waals surface area contributed by atoms with Gasteiger partial charge in [-0.1, -0.05) is 11.8 Å². The molecule has 0 amide bonds. The van der Waals surface area contributed by atoms with Crippen LogP contribution in [0.1, 0.15) is 23.3 Å². The normalized spacial score (nSPS) is 16.5. The Morgan fingerprint density at radius 2 is 2.29 bits per heavy atom. The first kappa shape index (κ1) is 12.6. The van der Waals surface area contributed by atoms with Crippen LogP contribution in [0.2, 0.25) is 0 Å². The monoisotopic (exact) mass is 252 g/mol. The lowest BCUT2D eigenvalue weighted by Crippen LogP contribution is -2.23. The first-order valence-corrected chi connectivity index (χ1v) is 6.63. The first-order chi connectivity index (χ1) is 8.38. The summed E-state index contributed by atoms with van der Waals surface area (Å²) in [6, 6.07) is 2.02. The van der Waals surface area contributed by atoms with Crippen molar-refractivity contribution in [3.05, 3.63) is 21.9 Å². The van der Waals surface area contributed by atoms with Gasteiger partial charge in [-0.05, 0) is 18.9 Å². The van der Waals surface area contributed by atoms with Gasteiger partial charge in [-0.2, -0.15) is 0 Å². The van der Waals surface area contributed by atoms with Crippen LogP contribution in [-0.2, 0) is 16.1 Å². The van der Waals surface area contributed by atoms with Crippen LogP contribution < -0.4 is 0 Å². The fourth-order valence-electron chi connectivity index (χ4n) is 1.71. The van der Waals surface area contributed by atoms with Crippen molar-refractivity contribution >= 4 is 11.3 Å². The Kier molecular flexibility index (Phi) is 5.02. The van der Waals surface area contributed by atoms with Crippen LogP contribution in [0.15, 0.2) is 11.4 Å². The van der Waals surface area contributed by atoms with Gasteiger partial charge in [-0.3, -0.25) is 0 Å². The zero-order valence-electron chi connectivity index (χ0n) is 9.65. The van der Waals surface area contributed by atoms with Gasteiger partial charge in [0.25, 0.3) is 0 Å². The van der Waals surface area contributed by atoms with Gasteiger partial charge in [0.15, 0.2) is 0 Å². The van der Waals surface area contributed by atoms with Gasteiger partial charge >= 0.3 is 0 Å². The standard InChI is InChI=1S/C13H16O3S/c14-5-1-2-11-8-13(17-10-11)9-16-12-3-6-15-7-4-12/h8,10,12,14H,3-7,9H2. The number of aliphatic hydroxyl groups is 1. The van der Waals surface area contributed by atoms with Crippen molar-refractivity contribution in [2.24, 2.45) is 0 Å². The topological polar surface area (TPSA) is 38.7 Å². The Balaban J connectivity index is 1.80. The maximum atomic E-state index is 8.60. The van der Waals surface area contributed by atoms with Crippen LogP contribution in [0.5, 0.6) is 0 Å². The molecule has 92 valence electrons. The van der Waals surface area contributed by atoms with Crippen molar-refractivity contribution in [3.63, 3.8) is 0 Å². The third-order valence-corrected chi connectivity index (χ3v) is 3.51. The first-order valence-electron chi connectivity index (χ1n) is 5.75. The summed E-state index contributed by atoms with van der Waals surface area (Å²) in [4.78, 5) is 1.18. The number of aliphatic hydroxyl groups excluding tert-OH is 1. The van der Waals surface area contributed by atoms with Gasteiger partial charge in [-0.15, -0.1) is 11.3 Å². The van der Waals surface area contributed by atoms with Gasteiger partial charge in [0.1, 0.15) is 6.61 Å². The van der Waals surface area contributed by atoms with E-state index in [1.807, 2.05) is 11.4 Å². The molecular formula is C13H16O3S. The molecule has 1 aromatic rings. The Hall–Kier alpha value is -0.860. The van der Waals surface area contributed by atoms with E-state index >= 15 is 0 Å². The minimum Gasteiger partial charge on any atom is -0.384 e. The van der Waals surface area contributed by atoms with Crippen LogP contribution in [0.3, 0.4) is 0 Å². The summed E-state index contributed by atoms with van der Waals surface area (Å²) in [5, 5.41) is 10.6. The molecule has 1 fully saturated rings. The quantitative estimate of drug-likeness (QED) is 0.834.